The maximum Gasteiger partial charge on any atom is 0.253 e. The molecule has 24 heavy (non-hydrogen) atoms. The molecule has 0 aliphatic rings. The van der Waals surface area contributed by atoms with Gasteiger partial charge in [0.05, 0.1) is 12.7 Å². The summed E-state index contributed by atoms with van der Waals surface area (Å²) in [7, 11) is 1.65. The summed E-state index contributed by atoms with van der Waals surface area (Å²) >= 11 is 0. The van der Waals surface area contributed by atoms with Crippen molar-refractivity contribution in [3.63, 3.8) is 0 Å². The van der Waals surface area contributed by atoms with E-state index in [1.54, 1.807) is 7.11 Å². The van der Waals surface area contributed by atoms with Crippen LogP contribution in [0, 0.1) is 13.8 Å². The number of benzene rings is 1. The Morgan fingerprint density at radius 2 is 1.92 bits per heavy atom. The highest BCUT2D eigenvalue weighted by atomic mass is 16.5. The molecule has 2 rings (SSSR count). The summed E-state index contributed by atoms with van der Waals surface area (Å²) in [6, 6.07) is 9.74. The molecule has 0 bridgehead atoms. The molecule has 0 unspecified atom stereocenters. The van der Waals surface area contributed by atoms with Crippen LogP contribution in [0.5, 0.6) is 5.75 Å². The lowest BCUT2D eigenvalue weighted by Crippen LogP contribution is -2.25. The van der Waals surface area contributed by atoms with Crippen molar-refractivity contribution >= 4 is 5.91 Å². The first-order valence-corrected chi connectivity index (χ1v) is 8.27. The molecule has 130 valence electrons. The third-order valence-electron chi connectivity index (χ3n) is 3.96. The van der Waals surface area contributed by atoms with Crippen LogP contribution in [-0.4, -0.2) is 37.3 Å². The highest BCUT2D eigenvalue weighted by Gasteiger charge is 2.16. The summed E-state index contributed by atoms with van der Waals surface area (Å²) in [5.74, 6) is 0.771. The van der Waals surface area contributed by atoms with Crippen LogP contribution in [0.3, 0.4) is 0 Å². The lowest BCUT2D eigenvalue weighted by Gasteiger charge is -2.11. The molecule has 0 saturated carbocycles. The van der Waals surface area contributed by atoms with Crippen LogP contribution in [0.2, 0.25) is 0 Å². The number of amides is 1. The molecule has 5 nitrogen and oxygen atoms in total. The van der Waals surface area contributed by atoms with Gasteiger partial charge in [0.1, 0.15) is 5.75 Å². The van der Waals surface area contributed by atoms with Gasteiger partial charge in [-0.15, -0.1) is 0 Å². The molecule has 0 aliphatic heterocycles. The van der Waals surface area contributed by atoms with E-state index >= 15 is 0 Å². The number of aromatic nitrogens is 1. The van der Waals surface area contributed by atoms with E-state index in [-0.39, 0.29) is 5.91 Å². The van der Waals surface area contributed by atoms with Gasteiger partial charge in [0.2, 0.25) is 0 Å². The second-order valence-corrected chi connectivity index (χ2v) is 5.62. The third-order valence-corrected chi connectivity index (χ3v) is 3.96. The number of rotatable bonds is 8. The monoisotopic (exact) mass is 330 g/mol. The SMILES string of the molecule is CCOCCCNC(=O)c1cc(C)n(-c2ccc(OC)cc2)c1C. The number of hydrogen-bond acceptors (Lipinski definition) is 3. The third kappa shape index (κ3) is 4.17. The van der Waals surface area contributed by atoms with Gasteiger partial charge >= 0.3 is 0 Å². The maximum atomic E-state index is 12.4. The number of nitrogens with one attached hydrogen (secondary N) is 1. The van der Waals surface area contributed by atoms with Gasteiger partial charge in [0.15, 0.2) is 0 Å². The predicted octanol–water partition coefficient (Wildman–Crippen LogP) is 3.26. The fourth-order valence-electron chi connectivity index (χ4n) is 2.74. The summed E-state index contributed by atoms with van der Waals surface area (Å²) in [5.41, 5.74) is 3.68. The molecular formula is C19H26N2O3. The number of carbonyl (C=O) groups is 1. The molecule has 2 aromatic rings. The molecule has 0 fully saturated rings. The van der Waals surface area contributed by atoms with E-state index in [0.29, 0.717) is 25.3 Å². The average Bonchev–Trinajstić information content (AvgIpc) is 2.89. The number of hydrogen-bond donors (Lipinski definition) is 1. The zero-order chi connectivity index (χ0) is 17.5. The Balaban J connectivity index is 2.11. The Morgan fingerprint density at radius 3 is 2.54 bits per heavy atom. The zero-order valence-electron chi connectivity index (χ0n) is 14.9. The molecule has 0 atom stereocenters. The first kappa shape index (κ1) is 18.1. The van der Waals surface area contributed by atoms with Gasteiger partial charge in [-0.25, -0.2) is 0 Å². The lowest BCUT2D eigenvalue weighted by molar-refractivity contribution is 0.0943. The minimum Gasteiger partial charge on any atom is -0.497 e. The first-order valence-electron chi connectivity index (χ1n) is 8.27. The number of nitrogens with zero attached hydrogens (tertiary/aromatic N) is 1. The Bertz CT molecular complexity index is 675. The van der Waals surface area contributed by atoms with E-state index in [4.69, 9.17) is 9.47 Å². The second kappa shape index (κ2) is 8.55. The molecule has 0 saturated heterocycles. The first-order chi connectivity index (χ1) is 11.6. The van der Waals surface area contributed by atoms with Crippen molar-refractivity contribution in [2.75, 3.05) is 26.9 Å². The fourth-order valence-corrected chi connectivity index (χ4v) is 2.74. The highest BCUT2D eigenvalue weighted by molar-refractivity contribution is 5.95. The number of carbonyl (C=O) groups excluding carboxylic acids is 1. The summed E-state index contributed by atoms with van der Waals surface area (Å²) in [6.45, 7) is 7.92. The van der Waals surface area contributed by atoms with Crippen LogP contribution >= 0.6 is 0 Å². The summed E-state index contributed by atoms with van der Waals surface area (Å²) in [6.07, 6.45) is 0.816. The second-order valence-electron chi connectivity index (χ2n) is 5.62. The van der Waals surface area contributed by atoms with Gasteiger partial charge in [0.25, 0.3) is 5.91 Å². The van der Waals surface area contributed by atoms with E-state index in [1.165, 1.54) is 0 Å². The van der Waals surface area contributed by atoms with Crippen molar-refractivity contribution in [2.45, 2.75) is 27.2 Å². The Kier molecular flexibility index (Phi) is 6.44. The zero-order valence-corrected chi connectivity index (χ0v) is 14.9. The molecule has 0 spiro atoms. The molecule has 1 aromatic carbocycles. The number of aryl methyl sites for hydroxylation is 1. The van der Waals surface area contributed by atoms with Crippen molar-refractivity contribution < 1.29 is 14.3 Å². The molecule has 5 heteroatoms. The van der Waals surface area contributed by atoms with Gasteiger partial charge in [-0.1, -0.05) is 0 Å². The molecule has 1 N–H and O–H groups in total. The topological polar surface area (TPSA) is 52.5 Å². The molecule has 0 radical (unpaired) electrons. The molecule has 0 aliphatic carbocycles. The van der Waals surface area contributed by atoms with Gasteiger partial charge < -0.3 is 19.4 Å². The van der Waals surface area contributed by atoms with Crippen LogP contribution in [-0.2, 0) is 4.74 Å². The van der Waals surface area contributed by atoms with Gasteiger partial charge in [-0.3, -0.25) is 4.79 Å². The largest absolute Gasteiger partial charge is 0.497 e. The molecule has 1 amide bonds. The fraction of sp³-hybridized carbons (Fsp3) is 0.421. The standard InChI is InChI=1S/C19H26N2O3/c1-5-24-12-6-11-20-19(22)18-13-14(2)21(15(18)3)16-7-9-17(23-4)10-8-16/h7-10,13H,5-6,11-12H2,1-4H3,(H,20,22). The number of methoxy groups -OCH3 is 1. The van der Waals surface area contributed by atoms with Crippen molar-refractivity contribution in [2.24, 2.45) is 0 Å². The Hall–Kier alpha value is -2.27. The Labute approximate surface area is 143 Å². The van der Waals surface area contributed by atoms with E-state index in [1.807, 2.05) is 51.1 Å². The minimum absolute atomic E-state index is 0.0423. The van der Waals surface area contributed by atoms with Gasteiger partial charge in [-0.05, 0) is 57.5 Å². The molecular weight excluding hydrogens is 304 g/mol. The normalized spacial score (nSPS) is 10.7. The van der Waals surface area contributed by atoms with E-state index < -0.39 is 0 Å². The van der Waals surface area contributed by atoms with Crippen molar-refractivity contribution in [3.8, 4) is 11.4 Å². The maximum absolute atomic E-state index is 12.4. The summed E-state index contributed by atoms with van der Waals surface area (Å²) < 4.78 is 12.6. The predicted molar refractivity (Wildman–Crippen MR) is 95.2 cm³/mol. The van der Waals surface area contributed by atoms with E-state index in [9.17, 15) is 4.79 Å². The lowest BCUT2D eigenvalue weighted by atomic mass is 10.2. The molecule has 1 aromatic heterocycles. The van der Waals surface area contributed by atoms with Crippen LogP contribution in [0.1, 0.15) is 35.1 Å². The number of ether oxygens (including phenoxy) is 2. The van der Waals surface area contributed by atoms with Crippen LogP contribution in [0.4, 0.5) is 0 Å². The van der Waals surface area contributed by atoms with Crippen LogP contribution in [0.25, 0.3) is 5.69 Å². The quantitative estimate of drug-likeness (QED) is 0.756. The van der Waals surface area contributed by atoms with Crippen LogP contribution in [0.15, 0.2) is 30.3 Å². The Morgan fingerprint density at radius 1 is 1.21 bits per heavy atom. The van der Waals surface area contributed by atoms with E-state index in [2.05, 4.69) is 9.88 Å². The van der Waals surface area contributed by atoms with E-state index in [0.717, 1.165) is 29.2 Å². The van der Waals surface area contributed by atoms with Crippen molar-refractivity contribution in [1.82, 2.24) is 9.88 Å². The van der Waals surface area contributed by atoms with Gasteiger partial charge in [-0.2, -0.15) is 0 Å². The highest BCUT2D eigenvalue weighted by Crippen LogP contribution is 2.22. The smallest absolute Gasteiger partial charge is 0.253 e. The minimum atomic E-state index is -0.0423. The van der Waals surface area contributed by atoms with Crippen molar-refractivity contribution in [3.05, 3.63) is 47.3 Å². The average molecular weight is 330 g/mol. The summed E-state index contributed by atoms with van der Waals surface area (Å²) in [5, 5.41) is 2.96. The van der Waals surface area contributed by atoms with Crippen LogP contribution < -0.4 is 10.1 Å². The van der Waals surface area contributed by atoms with Crippen molar-refractivity contribution in [1.29, 1.82) is 0 Å². The summed E-state index contributed by atoms with van der Waals surface area (Å²) in [4.78, 5) is 12.4. The molecule has 1 heterocycles. The van der Waals surface area contributed by atoms with Gasteiger partial charge in [0, 0.05) is 36.8 Å².